The van der Waals surface area contributed by atoms with Crippen LogP contribution in [-0.4, -0.2) is 115 Å². The number of nitrogens with two attached hydrogens (primary N) is 2. The van der Waals surface area contributed by atoms with Gasteiger partial charge in [-0.2, -0.15) is 0 Å². The third-order valence-electron chi connectivity index (χ3n) is 3.15. The molecule has 0 aliphatic carbocycles. The van der Waals surface area contributed by atoms with E-state index >= 15 is 0 Å². The van der Waals surface area contributed by atoms with Crippen LogP contribution in [0.3, 0.4) is 0 Å². The van der Waals surface area contributed by atoms with Gasteiger partial charge in [0.2, 0.25) is 0 Å². The van der Waals surface area contributed by atoms with Crippen molar-refractivity contribution in [1.29, 1.82) is 0 Å². The Morgan fingerprint density at radius 3 is 1.08 bits per heavy atom. The van der Waals surface area contributed by atoms with Gasteiger partial charge in [-0.25, -0.2) is 11.8 Å². The third kappa shape index (κ3) is 8.99. The van der Waals surface area contributed by atoms with Crippen LogP contribution in [0.4, 0.5) is 0 Å². The van der Waals surface area contributed by atoms with E-state index in [1.807, 2.05) is 0 Å². The van der Waals surface area contributed by atoms with E-state index in [2.05, 4.69) is 21.5 Å². The van der Waals surface area contributed by atoms with Crippen molar-refractivity contribution in [3.05, 3.63) is 0 Å². The summed E-state index contributed by atoms with van der Waals surface area (Å²) in [5.41, 5.74) is 0. The van der Waals surface area contributed by atoms with Crippen molar-refractivity contribution in [2.75, 3.05) is 13.2 Å². The highest BCUT2D eigenvalue weighted by atomic mass is 16.6. The van der Waals surface area contributed by atoms with Crippen molar-refractivity contribution in [2.24, 2.45) is 11.8 Å². The van der Waals surface area contributed by atoms with Gasteiger partial charge >= 0.3 is 0 Å². The second-order valence-electron chi connectivity index (χ2n) is 4.93. The maximum absolute atomic E-state index is 9.99. The van der Waals surface area contributed by atoms with Gasteiger partial charge in [-0.05, 0) is 0 Å². The lowest BCUT2D eigenvalue weighted by atomic mass is 10.0. The van der Waals surface area contributed by atoms with Gasteiger partial charge in [-0.1, -0.05) is 0 Å². The fourth-order valence-corrected chi connectivity index (χ4v) is 1.47. The first-order valence-corrected chi connectivity index (χ1v) is 7.08. The van der Waals surface area contributed by atoms with Crippen LogP contribution in [0.25, 0.3) is 0 Å². The van der Waals surface area contributed by atoms with E-state index in [-0.39, 0.29) is 12.6 Å². The molecule has 0 aromatic heterocycles. The molecular formula is C12H26N2O12. The Morgan fingerprint density at radius 1 is 0.654 bits per heavy atom. The van der Waals surface area contributed by atoms with E-state index in [4.69, 9.17) is 40.9 Å². The van der Waals surface area contributed by atoms with Crippen LogP contribution < -0.4 is 11.8 Å². The van der Waals surface area contributed by atoms with Gasteiger partial charge in [0.25, 0.3) is 0 Å². The Balaban J connectivity index is 0. The number of hydrogen-bond donors (Lipinski definition) is 10. The molecule has 0 bridgehead atoms. The van der Waals surface area contributed by atoms with Crippen molar-refractivity contribution >= 4 is 12.6 Å². The monoisotopic (exact) mass is 390 g/mol. The lowest BCUT2D eigenvalue weighted by molar-refractivity contribution is -0.145. The molecule has 0 unspecified atom stereocenters. The van der Waals surface area contributed by atoms with Crippen LogP contribution in [-0.2, 0) is 19.3 Å². The SMILES string of the molecule is NO[C@H](CO)[C@@H](O)[C@H](O)[C@@H](O)C=O.NO[C@H](CO)[C@@H](O)[C@H](O)[C@H](O)C=O. The van der Waals surface area contributed by atoms with Gasteiger partial charge in [-0.3, -0.25) is 9.68 Å². The predicted molar refractivity (Wildman–Crippen MR) is 80.5 cm³/mol. The number of aliphatic hydroxyl groups is 8. The van der Waals surface area contributed by atoms with Crippen LogP contribution in [0, 0.1) is 0 Å². The first-order chi connectivity index (χ1) is 12.2. The molecule has 0 aliphatic heterocycles. The fourth-order valence-electron chi connectivity index (χ4n) is 1.47. The fraction of sp³-hybridized carbons (Fsp3) is 0.833. The summed E-state index contributed by atoms with van der Waals surface area (Å²) in [5.74, 6) is 9.33. The number of hydrogen-bond acceptors (Lipinski definition) is 14. The average molecular weight is 390 g/mol. The number of aliphatic hydroxyl groups excluding tert-OH is 8. The van der Waals surface area contributed by atoms with E-state index in [1.165, 1.54) is 0 Å². The van der Waals surface area contributed by atoms with Crippen LogP contribution in [0.2, 0.25) is 0 Å². The summed E-state index contributed by atoms with van der Waals surface area (Å²) in [6, 6.07) is 0. The predicted octanol–water partition coefficient (Wildman–Crippen LogP) is -6.96. The Labute approximate surface area is 147 Å². The highest BCUT2D eigenvalue weighted by Crippen LogP contribution is 2.06. The normalized spacial score (nSPS) is 20.4. The van der Waals surface area contributed by atoms with E-state index in [1.54, 1.807) is 0 Å². The lowest BCUT2D eigenvalue weighted by Gasteiger charge is -2.24. The molecule has 0 saturated heterocycles. The summed E-state index contributed by atoms with van der Waals surface area (Å²) in [4.78, 5) is 28.2. The second-order valence-corrected chi connectivity index (χ2v) is 4.93. The number of rotatable bonds is 12. The molecule has 156 valence electrons. The van der Waals surface area contributed by atoms with Crippen LogP contribution in [0.1, 0.15) is 0 Å². The van der Waals surface area contributed by atoms with Crippen LogP contribution >= 0.6 is 0 Å². The van der Waals surface area contributed by atoms with Crippen LogP contribution in [0.15, 0.2) is 0 Å². The second kappa shape index (κ2) is 15.0. The molecule has 0 fully saturated rings. The van der Waals surface area contributed by atoms with Crippen molar-refractivity contribution in [1.82, 2.24) is 0 Å². The smallest absolute Gasteiger partial charge is 0.151 e. The molecule has 0 rings (SSSR count). The Morgan fingerprint density at radius 2 is 0.923 bits per heavy atom. The maximum atomic E-state index is 9.99. The van der Waals surface area contributed by atoms with Crippen molar-refractivity contribution < 1.29 is 60.1 Å². The lowest BCUT2D eigenvalue weighted by Crippen LogP contribution is -2.48. The topological polar surface area (TPSA) is 266 Å². The number of carbonyl (C=O) groups excluding carboxylic acids is 2. The van der Waals surface area contributed by atoms with Gasteiger partial charge in [0.1, 0.15) is 48.8 Å². The highest BCUT2D eigenvalue weighted by Gasteiger charge is 2.32. The first-order valence-electron chi connectivity index (χ1n) is 7.08. The summed E-state index contributed by atoms with van der Waals surface area (Å²) >= 11 is 0. The quantitative estimate of drug-likeness (QED) is 0.110. The van der Waals surface area contributed by atoms with Gasteiger partial charge in [0.15, 0.2) is 12.6 Å². The zero-order valence-electron chi connectivity index (χ0n) is 13.6. The number of aldehydes is 2. The van der Waals surface area contributed by atoms with E-state index in [0.717, 1.165) is 0 Å². The van der Waals surface area contributed by atoms with E-state index in [0.29, 0.717) is 0 Å². The summed E-state index contributed by atoms with van der Waals surface area (Å²) < 4.78 is 0. The molecular weight excluding hydrogens is 364 g/mol. The Kier molecular flexibility index (Phi) is 15.6. The average Bonchev–Trinajstić information content (AvgIpc) is 2.67. The first kappa shape index (κ1) is 27.1. The largest absolute Gasteiger partial charge is 0.393 e. The number of carbonyl (C=O) groups is 2. The molecule has 0 aromatic carbocycles. The van der Waals surface area contributed by atoms with Gasteiger partial charge < -0.3 is 50.4 Å². The molecule has 14 heteroatoms. The zero-order chi connectivity index (χ0) is 20.9. The third-order valence-corrected chi connectivity index (χ3v) is 3.15. The van der Waals surface area contributed by atoms with Gasteiger partial charge in [0, 0.05) is 0 Å². The van der Waals surface area contributed by atoms with Crippen molar-refractivity contribution in [3.63, 3.8) is 0 Å². The van der Waals surface area contributed by atoms with E-state index in [9.17, 15) is 9.59 Å². The van der Waals surface area contributed by atoms with E-state index < -0.39 is 62.0 Å². The molecule has 0 heterocycles. The van der Waals surface area contributed by atoms with Crippen LogP contribution in [0.5, 0.6) is 0 Å². The summed E-state index contributed by atoms with van der Waals surface area (Å²) in [6.45, 7) is -1.28. The minimum absolute atomic E-state index is 0.0544. The molecule has 14 nitrogen and oxygen atoms in total. The maximum Gasteiger partial charge on any atom is 0.151 e. The van der Waals surface area contributed by atoms with Gasteiger partial charge in [0.05, 0.1) is 13.2 Å². The molecule has 0 spiro atoms. The summed E-state index contributed by atoms with van der Waals surface area (Å²) in [6.07, 6.45) is -12.6. The minimum Gasteiger partial charge on any atom is -0.393 e. The molecule has 26 heavy (non-hydrogen) atoms. The standard InChI is InChI=1S/2C6H13NO6/c2*7-13-4(2-9)6(12)5(11)3(10)1-8/h2*1,3-6,9-12H,2,7H2/t3-,4+,5+,6+;3-,4-,5-,6-/m01/s1. The molecule has 0 aliphatic rings. The van der Waals surface area contributed by atoms with Gasteiger partial charge in [-0.15, -0.1) is 0 Å². The highest BCUT2D eigenvalue weighted by molar-refractivity contribution is 5.57. The molecule has 0 amide bonds. The van der Waals surface area contributed by atoms with Crippen molar-refractivity contribution in [2.45, 2.75) is 48.8 Å². The zero-order valence-corrected chi connectivity index (χ0v) is 13.6. The summed E-state index contributed by atoms with van der Waals surface area (Å²) in [5, 5.41) is 71.0. The summed E-state index contributed by atoms with van der Waals surface area (Å²) in [7, 11) is 0. The molecule has 0 aromatic rings. The molecule has 8 atom stereocenters. The molecule has 0 saturated carbocycles. The Hall–Kier alpha value is -1.14. The Bertz CT molecular complexity index is 334. The molecule has 12 N–H and O–H groups in total. The minimum atomic E-state index is -1.74. The molecule has 0 radical (unpaired) electrons. The van der Waals surface area contributed by atoms with Crippen molar-refractivity contribution in [3.8, 4) is 0 Å².